The topological polar surface area (TPSA) is 54.3 Å². The molecule has 1 amide bonds. The Morgan fingerprint density at radius 3 is 2.65 bits per heavy atom. The quantitative estimate of drug-likeness (QED) is 0.810. The van der Waals surface area contributed by atoms with Crippen molar-refractivity contribution in [1.82, 2.24) is 24.6 Å². The Kier molecular flexibility index (Phi) is 3.74. The summed E-state index contributed by atoms with van der Waals surface area (Å²) in [6, 6.07) is 0. The molecule has 0 N–H and O–H groups in total. The van der Waals surface area contributed by atoms with E-state index >= 15 is 0 Å². The highest BCUT2D eigenvalue weighted by Crippen LogP contribution is 2.22. The van der Waals surface area contributed by atoms with Crippen molar-refractivity contribution in [3.05, 3.63) is 11.6 Å². The molecule has 0 aromatic carbocycles. The normalized spacial score (nSPS) is 23.7. The third kappa shape index (κ3) is 2.57. The Morgan fingerprint density at radius 1 is 1.25 bits per heavy atom. The van der Waals surface area contributed by atoms with Gasteiger partial charge >= 0.3 is 0 Å². The van der Waals surface area contributed by atoms with Gasteiger partial charge in [-0.15, -0.1) is 10.2 Å². The van der Waals surface area contributed by atoms with E-state index in [0.29, 0.717) is 5.91 Å². The van der Waals surface area contributed by atoms with Crippen molar-refractivity contribution in [2.24, 2.45) is 13.0 Å². The Labute approximate surface area is 119 Å². The molecule has 2 saturated heterocycles. The Hall–Kier alpha value is -1.43. The van der Waals surface area contributed by atoms with Crippen LogP contribution < -0.4 is 0 Å². The average Bonchev–Trinajstić information content (AvgIpc) is 3.16. The SMILES string of the molecule is Cc1nnc(CN2CCC(C(=O)N3CCCC3)C2)n1C. The molecule has 0 aliphatic carbocycles. The minimum atomic E-state index is 0.183. The third-order valence-corrected chi connectivity index (χ3v) is 4.59. The molecule has 1 unspecified atom stereocenters. The molecule has 6 heteroatoms. The van der Waals surface area contributed by atoms with Crippen LogP contribution in [0.5, 0.6) is 0 Å². The van der Waals surface area contributed by atoms with Gasteiger partial charge in [0.2, 0.25) is 5.91 Å². The molecule has 110 valence electrons. The fourth-order valence-electron chi connectivity index (χ4n) is 3.16. The van der Waals surface area contributed by atoms with Gasteiger partial charge in [-0.1, -0.05) is 0 Å². The third-order valence-electron chi connectivity index (χ3n) is 4.59. The molecule has 20 heavy (non-hydrogen) atoms. The molecular formula is C14H23N5O. The lowest BCUT2D eigenvalue weighted by molar-refractivity contribution is -0.134. The van der Waals surface area contributed by atoms with Crippen molar-refractivity contribution in [3.63, 3.8) is 0 Å². The first-order valence-electron chi connectivity index (χ1n) is 7.51. The zero-order valence-electron chi connectivity index (χ0n) is 12.4. The van der Waals surface area contributed by atoms with Crippen LogP contribution in [0.25, 0.3) is 0 Å². The van der Waals surface area contributed by atoms with Gasteiger partial charge in [0.25, 0.3) is 0 Å². The standard InChI is InChI=1S/C14H23N5O/c1-11-15-16-13(17(11)2)10-18-8-5-12(9-18)14(20)19-6-3-4-7-19/h12H,3-10H2,1-2H3. The van der Waals surface area contributed by atoms with Crippen LogP contribution in [0.15, 0.2) is 0 Å². The van der Waals surface area contributed by atoms with E-state index in [1.807, 2.05) is 23.4 Å². The minimum absolute atomic E-state index is 0.183. The van der Waals surface area contributed by atoms with Crippen LogP contribution in [-0.4, -0.2) is 56.7 Å². The second-order valence-corrected chi connectivity index (χ2v) is 5.98. The molecule has 0 saturated carbocycles. The maximum Gasteiger partial charge on any atom is 0.227 e. The van der Waals surface area contributed by atoms with Crippen LogP contribution in [-0.2, 0) is 18.4 Å². The van der Waals surface area contributed by atoms with Crippen LogP contribution in [0.4, 0.5) is 0 Å². The summed E-state index contributed by atoms with van der Waals surface area (Å²) in [5, 5.41) is 8.29. The summed E-state index contributed by atoms with van der Waals surface area (Å²) >= 11 is 0. The highest BCUT2D eigenvalue weighted by Gasteiger charge is 2.32. The molecule has 0 bridgehead atoms. The molecule has 2 fully saturated rings. The van der Waals surface area contributed by atoms with Crippen LogP contribution in [0, 0.1) is 12.8 Å². The highest BCUT2D eigenvalue weighted by atomic mass is 16.2. The number of hydrogen-bond acceptors (Lipinski definition) is 4. The highest BCUT2D eigenvalue weighted by molar-refractivity contribution is 5.79. The molecule has 1 aromatic rings. The van der Waals surface area contributed by atoms with Gasteiger partial charge in [-0.05, 0) is 32.7 Å². The molecule has 0 radical (unpaired) electrons. The van der Waals surface area contributed by atoms with E-state index in [2.05, 4.69) is 15.1 Å². The fraction of sp³-hybridized carbons (Fsp3) is 0.786. The zero-order valence-corrected chi connectivity index (χ0v) is 12.4. The number of hydrogen-bond donors (Lipinski definition) is 0. The molecule has 1 aromatic heterocycles. The van der Waals surface area contributed by atoms with Crippen LogP contribution >= 0.6 is 0 Å². The van der Waals surface area contributed by atoms with Crippen LogP contribution in [0.2, 0.25) is 0 Å². The number of aryl methyl sites for hydroxylation is 1. The Morgan fingerprint density at radius 2 is 2.00 bits per heavy atom. The zero-order chi connectivity index (χ0) is 14.1. The number of carbonyl (C=O) groups is 1. The van der Waals surface area contributed by atoms with E-state index < -0.39 is 0 Å². The van der Waals surface area contributed by atoms with Gasteiger partial charge < -0.3 is 9.47 Å². The number of aromatic nitrogens is 3. The average molecular weight is 277 g/mol. The largest absolute Gasteiger partial charge is 0.342 e. The minimum Gasteiger partial charge on any atom is -0.342 e. The number of likely N-dealkylation sites (tertiary alicyclic amines) is 2. The lowest BCUT2D eigenvalue weighted by Gasteiger charge is -2.20. The number of nitrogens with zero attached hydrogens (tertiary/aromatic N) is 5. The van der Waals surface area contributed by atoms with Gasteiger partial charge in [0.05, 0.1) is 12.5 Å². The summed E-state index contributed by atoms with van der Waals surface area (Å²) in [6.45, 7) is 6.51. The summed E-state index contributed by atoms with van der Waals surface area (Å²) in [5.41, 5.74) is 0. The van der Waals surface area contributed by atoms with Crippen LogP contribution in [0.1, 0.15) is 30.9 Å². The van der Waals surface area contributed by atoms with Gasteiger partial charge in [0.15, 0.2) is 0 Å². The van der Waals surface area contributed by atoms with Crippen molar-refractivity contribution in [3.8, 4) is 0 Å². The summed E-state index contributed by atoms with van der Waals surface area (Å²) in [5.74, 6) is 2.46. The first kappa shape index (κ1) is 13.5. The van der Waals surface area contributed by atoms with Gasteiger partial charge in [0, 0.05) is 26.7 Å². The molecule has 2 aliphatic heterocycles. The maximum atomic E-state index is 12.4. The van der Waals surface area contributed by atoms with E-state index in [1.54, 1.807) is 0 Å². The smallest absolute Gasteiger partial charge is 0.227 e. The number of carbonyl (C=O) groups excluding carboxylic acids is 1. The van der Waals surface area contributed by atoms with E-state index in [4.69, 9.17) is 0 Å². The fourth-order valence-corrected chi connectivity index (χ4v) is 3.16. The lowest BCUT2D eigenvalue weighted by Crippen LogP contribution is -2.35. The van der Waals surface area contributed by atoms with Crippen molar-refractivity contribution in [2.75, 3.05) is 26.2 Å². The predicted molar refractivity (Wildman–Crippen MR) is 74.9 cm³/mol. The summed E-state index contributed by atoms with van der Waals surface area (Å²) in [4.78, 5) is 16.7. The molecule has 3 heterocycles. The summed E-state index contributed by atoms with van der Waals surface area (Å²) in [6.07, 6.45) is 3.31. The van der Waals surface area contributed by atoms with Gasteiger partial charge in [0.1, 0.15) is 11.6 Å². The van der Waals surface area contributed by atoms with Crippen LogP contribution in [0.3, 0.4) is 0 Å². The first-order chi connectivity index (χ1) is 9.65. The molecule has 2 aliphatic rings. The van der Waals surface area contributed by atoms with Crippen molar-refractivity contribution in [2.45, 2.75) is 32.7 Å². The number of rotatable bonds is 3. The lowest BCUT2D eigenvalue weighted by atomic mass is 10.1. The van der Waals surface area contributed by atoms with Gasteiger partial charge in [-0.2, -0.15) is 0 Å². The molecule has 0 spiro atoms. The Bertz CT molecular complexity index is 492. The van der Waals surface area contributed by atoms with E-state index in [-0.39, 0.29) is 5.92 Å². The van der Waals surface area contributed by atoms with E-state index in [1.165, 1.54) is 12.8 Å². The van der Waals surface area contributed by atoms with Crippen molar-refractivity contribution >= 4 is 5.91 Å². The molecule has 1 atom stereocenters. The molecule has 6 nitrogen and oxygen atoms in total. The monoisotopic (exact) mass is 277 g/mol. The van der Waals surface area contributed by atoms with E-state index in [0.717, 1.165) is 50.8 Å². The second-order valence-electron chi connectivity index (χ2n) is 5.98. The van der Waals surface area contributed by atoms with E-state index in [9.17, 15) is 4.79 Å². The Balaban J connectivity index is 1.56. The van der Waals surface area contributed by atoms with Crippen molar-refractivity contribution < 1.29 is 4.79 Å². The van der Waals surface area contributed by atoms with Crippen molar-refractivity contribution in [1.29, 1.82) is 0 Å². The second kappa shape index (κ2) is 5.52. The van der Waals surface area contributed by atoms with Gasteiger partial charge in [-0.3, -0.25) is 9.69 Å². The maximum absolute atomic E-state index is 12.4. The first-order valence-corrected chi connectivity index (χ1v) is 7.51. The summed E-state index contributed by atoms with van der Waals surface area (Å²) < 4.78 is 2.02. The number of amides is 1. The predicted octanol–water partition coefficient (Wildman–Crippen LogP) is 0.568. The van der Waals surface area contributed by atoms with Gasteiger partial charge in [-0.25, -0.2) is 0 Å². The molecule has 3 rings (SSSR count). The molecular weight excluding hydrogens is 254 g/mol. The summed E-state index contributed by atoms with van der Waals surface area (Å²) in [7, 11) is 1.99.